The molecule has 0 aromatic carbocycles. The second-order valence-corrected chi connectivity index (χ2v) is 7.67. The summed E-state index contributed by atoms with van der Waals surface area (Å²) >= 11 is 1.51. The summed E-state index contributed by atoms with van der Waals surface area (Å²) in [4.78, 5) is 19.5. The summed E-state index contributed by atoms with van der Waals surface area (Å²) in [6.07, 6.45) is 6.53. The van der Waals surface area contributed by atoms with Gasteiger partial charge in [-0.05, 0) is 45.3 Å². The van der Waals surface area contributed by atoms with Crippen LogP contribution in [0.4, 0.5) is 0 Å². The van der Waals surface area contributed by atoms with Gasteiger partial charge in [-0.15, -0.1) is 11.3 Å². The molecule has 3 heterocycles. The fourth-order valence-corrected chi connectivity index (χ4v) is 4.51. The van der Waals surface area contributed by atoms with Crippen molar-refractivity contribution in [1.82, 2.24) is 15.2 Å². The lowest BCUT2D eigenvalue weighted by Gasteiger charge is -2.48. The van der Waals surface area contributed by atoms with Gasteiger partial charge in [0.05, 0.1) is 5.01 Å². The first-order chi connectivity index (χ1) is 11.7. The van der Waals surface area contributed by atoms with Gasteiger partial charge < -0.3 is 15.8 Å². The van der Waals surface area contributed by atoms with Crippen molar-refractivity contribution in [3.05, 3.63) is 16.1 Å². The van der Waals surface area contributed by atoms with Gasteiger partial charge in [-0.1, -0.05) is 6.42 Å². The van der Waals surface area contributed by atoms with Crippen molar-refractivity contribution in [2.75, 3.05) is 39.4 Å². The number of ether oxygens (including phenoxy) is 1. The Balaban J connectivity index is 1.62. The molecule has 3 rings (SSSR count). The fraction of sp³-hybridized carbons (Fsp3) is 0.765. The van der Waals surface area contributed by atoms with Crippen LogP contribution in [0.3, 0.4) is 0 Å². The zero-order valence-corrected chi connectivity index (χ0v) is 15.1. The standard InChI is InChI=1S/C17H28N4O2S/c18-7-4-15-20-14(12-24-15)16(22)19-13-17(5-10-23-11-6-17)21-8-2-1-3-9-21/h12H,1-11,13,18H2,(H,19,22). The largest absolute Gasteiger partial charge is 0.381 e. The smallest absolute Gasteiger partial charge is 0.270 e. The molecule has 0 aliphatic carbocycles. The van der Waals surface area contributed by atoms with Gasteiger partial charge in [0.15, 0.2) is 0 Å². The summed E-state index contributed by atoms with van der Waals surface area (Å²) in [7, 11) is 0. The number of likely N-dealkylation sites (tertiary alicyclic amines) is 1. The quantitative estimate of drug-likeness (QED) is 0.809. The zero-order valence-electron chi connectivity index (χ0n) is 14.3. The molecule has 2 fully saturated rings. The van der Waals surface area contributed by atoms with E-state index in [4.69, 9.17) is 10.5 Å². The fourth-order valence-electron chi connectivity index (χ4n) is 3.71. The molecule has 6 nitrogen and oxygen atoms in total. The van der Waals surface area contributed by atoms with Crippen LogP contribution >= 0.6 is 11.3 Å². The van der Waals surface area contributed by atoms with Crippen LogP contribution < -0.4 is 11.1 Å². The van der Waals surface area contributed by atoms with Crippen LogP contribution in [-0.4, -0.2) is 60.7 Å². The Morgan fingerprint density at radius 1 is 1.33 bits per heavy atom. The van der Waals surface area contributed by atoms with Crippen molar-refractivity contribution in [2.24, 2.45) is 5.73 Å². The first-order valence-electron chi connectivity index (χ1n) is 8.99. The van der Waals surface area contributed by atoms with E-state index >= 15 is 0 Å². The molecule has 2 aliphatic heterocycles. The number of rotatable bonds is 6. The SMILES string of the molecule is NCCc1nc(C(=O)NCC2(N3CCCCC3)CCOCC2)cs1. The summed E-state index contributed by atoms with van der Waals surface area (Å²) in [5.74, 6) is -0.0719. The Labute approximate surface area is 147 Å². The van der Waals surface area contributed by atoms with Crippen molar-refractivity contribution < 1.29 is 9.53 Å². The van der Waals surface area contributed by atoms with E-state index in [0.717, 1.165) is 50.6 Å². The number of hydrogen-bond donors (Lipinski definition) is 2. The van der Waals surface area contributed by atoms with E-state index in [-0.39, 0.29) is 11.4 Å². The third-order valence-electron chi connectivity index (χ3n) is 5.17. The minimum absolute atomic E-state index is 0.0461. The number of piperidine rings is 1. The molecule has 0 saturated carbocycles. The number of hydrogen-bond acceptors (Lipinski definition) is 6. The number of aromatic nitrogens is 1. The predicted octanol–water partition coefficient (Wildman–Crippen LogP) is 1.41. The van der Waals surface area contributed by atoms with Gasteiger partial charge in [-0.2, -0.15) is 0 Å². The molecule has 134 valence electrons. The molecule has 0 bridgehead atoms. The monoisotopic (exact) mass is 352 g/mol. The number of carbonyl (C=O) groups is 1. The van der Waals surface area contributed by atoms with Crippen LogP contribution in [0.15, 0.2) is 5.38 Å². The van der Waals surface area contributed by atoms with Gasteiger partial charge in [0, 0.05) is 37.1 Å². The molecule has 0 unspecified atom stereocenters. The molecule has 3 N–H and O–H groups in total. The highest BCUT2D eigenvalue weighted by Crippen LogP contribution is 2.30. The van der Waals surface area contributed by atoms with Crippen LogP contribution in [-0.2, 0) is 11.2 Å². The lowest BCUT2D eigenvalue weighted by atomic mass is 9.86. The number of nitrogens with two attached hydrogens (primary N) is 1. The van der Waals surface area contributed by atoms with Gasteiger partial charge in [0.2, 0.25) is 0 Å². The van der Waals surface area contributed by atoms with Gasteiger partial charge in [-0.3, -0.25) is 9.69 Å². The normalized spacial score (nSPS) is 21.5. The van der Waals surface area contributed by atoms with E-state index in [1.807, 2.05) is 5.38 Å². The molecule has 0 radical (unpaired) electrons. The van der Waals surface area contributed by atoms with E-state index < -0.39 is 0 Å². The van der Waals surface area contributed by atoms with Crippen molar-refractivity contribution in [1.29, 1.82) is 0 Å². The van der Waals surface area contributed by atoms with E-state index in [0.29, 0.717) is 18.8 Å². The van der Waals surface area contributed by atoms with Crippen molar-refractivity contribution in [3.63, 3.8) is 0 Å². The molecule has 7 heteroatoms. The van der Waals surface area contributed by atoms with Gasteiger partial charge in [0.25, 0.3) is 5.91 Å². The number of carbonyl (C=O) groups excluding carboxylic acids is 1. The molecular weight excluding hydrogens is 324 g/mol. The number of nitrogens with zero attached hydrogens (tertiary/aromatic N) is 2. The lowest BCUT2D eigenvalue weighted by molar-refractivity contribution is -0.0349. The summed E-state index contributed by atoms with van der Waals surface area (Å²) in [6, 6.07) is 0. The third kappa shape index (κ3) is 4.14. The van der Waals surface area contributed by atoms with E-state index in [1.54, 1.807) is 0 Å². The second kappa shape index (κ2) is 8.38. The Kier molecular flexibility index (Phi) is 6.21. The average Bonchev–Trinajstić information content (AvgIpc) is 3.10. The lowest BCUT2D eigenvalue weighted by Crippen LogP contribution is -2.59. The molecule has 2 saturated heterocycles. The Bertz CT molecular complexity index is 536. The second-order valence-electron chi connectivity index (χ2n) is 6.73. The van der Waals surface area contributed by atoms with Crippen molar-refractivity contribution in [3.8, 4) is 0 Å². The maximum absolute atomic E-state index is 12.5. The molecule has 0 spiro atoms. The maximum atomic E-state index is 12.5. The Morgan fingerprint density at radius 2 is 2.08 bits per heavy atom. The van der Waals surface area contributed by atoms with Crippen LogP contribution in [0.5, 0.6) is 0 Å². The summed E-state index contributed by atoms with van der Waals surface area (Å²) in [5, 5.41) is 5.90. The Morgan fingerprint density at radius 3 is 2.79 bits per heavy atom. The molecule has 2 aliphatic rings. The van der Waals surface area contributed by atoms with Crippen LogP contribution in [0.2, 0.25) is 0 Å². The minimum atomic E-state index is -0.0719. The van der Waals surface area contributed by atoms with E-state index in [1.165, 1.54) is 30.6 Å². The number of amides is 1. The van der Waals surface area contributed by atoms with Crippen LogP contribution in [0.1, 0.15) is 47.6 Å². The third-order valence-corrected chi connectivity index (χ3v) is 6.08. The Hall–Kier alpha value is -1.02. The topological polar surface area (TPSA) is 80.5 Å². The minimum Gasteiger partial charge on any atom is -0.381 e. The summed E-state index contributed by atoms with van der Waals surface area (Å²) in [5.41, 5.74) is 6.11. The van der Waals surface area contributed by atoms with Crippen LogP contribution in [0, 0.1) is 0 Å². The summed E-state index contributed by atoms with van der Waals surface area (Å²) in [6.45, 7) is 5.07. The molecule has 24 heavy (non-hydrogen) atoms. The molecule has 0 atom stereocenters. The number of nitrogens with one attached hydrogen (secondary N) is 1. The zero-order chi connectivity index (χ0) is 16.8. The first-order valence-corrected chi connectivity index (χ1v) is 9.87. The average molecular weight is 353 g/mol. The van der Waals surface area contributed by atoms with Gasteiger partial charge in [-0.25, -0.2) is 4.98 Å². The van der Waals surface area contributed by atoms with E-state index in [9.17, 15) is 4.79 Å². The van der Waals surface area contributed by atoms with Crippen LogP contribution in [0.25, 0.3) is 0 Å². The van der Waals surface area contributed by atoms with E-state index in [2.05, 4.69) is 15.2 Å². The predicted molar refractivity (Wildman–Crippen MR) is 95.4 cm³/mol. The van der Waals surface area contributed by atoms with Gasteiger partial charge in [0.1, 0.15) is 5.69 Å². The number of thiazole rings is 1. The molecule has 1 aromatic rings. The first kappa shape index (κ1) is 17.8. The van der Waals surface area contributed by atoms with Crippen molar-refractivity contribution >= 4 is 17.2 Å². The summed E-state index contributed by atoms with van der Waals surface area (Å²) < 4.78 is 5.58. The van der Waals surface area contributed by atoms with Crippen molar-refractivity contribution in [2.45, 2.75) is 44.1 Å². The molecular formula is C17H28N4O2S. The highest BCUT2D eigenvalue weighted by molar-refractivity contribution is 7.09. The van der Waals surface area contributed by atoms with Gasteiger partial charge >= 0.3 is 0 Å². The molecule has 1 amide bonds. The highest BCUT2D eigenvalue weighted by atomic mass is 32.1. The molecule has 1 aromatic heterocycles. The highest BCUT2D eigenvalue weighted by Gasteiger charge is 2.39. The maximum Gasteiger partial charge on any atom is 0.270 e.